The Hall–Kier alpha value is -1.89. The summed E-state index contributed by atoms with van der Waals surface area (Å²) >= 11 is 0. The highest BCUT2D eigenvalue weighted by Gasteiger charge is 2.21. The van der Waals surface area contributed by atoms with Crippen LogP contribution in [-0.4, -0.2) is 46.1 Å². The number of ether oxygens (including phenoxy) is 1. The number of anilines is 1. The highest BCUT2D eigenvalue weighted by molar-refractivity contribution is 7.89. The summed E-state index contributed by atoms with van der Waals surface area (Å²) in [4.78, 5) is 2.61. The quantitative estimate of drug-likeness (QED) is 0.760. The zero-order valence-corrected chi connectivity index (χ0v) is 17.1. The molecule has 0 saturated carbocycles. The van der Waals surface area contributed by atoms with Crippen molar-refractivity contribution >= 4 is 15.7 Å². The van der Waals surface area contributed by atoms with E-state index in [1.54, 1.807) is 19.2 Å². The number of sulfonamides is 1. The molecule has 6 heteroatoms. The third-order valence-electron chi connectivity index (χ3n) is 4.97. The van der Waals surface area contributed by atoms with Crippen LogP contribution in [0.4, 0.5) is 5.69 Å². The Morgan fingerprint density at radius 1 is 1.00 bits per heavy atom. The van der Waals surface area contributed by atoms with Crippen LogP contribution in [0.15, 0.2) is 53.4 Å². The molecule has 2 aromatic carbocycles. The maximum atomic E-state index is 12.8. The van der Waals surface area contributed by atoms with Gasteiger partial charge in [0.1, 0.15) is 0 Å². The summed E-state index contributed by atoms with van der Waals surface area (Å²) in [5, 5.41) is 0. The predicted octanol–water partition coefficient (Wildman–Crippen LogP) is 3.47. The normalized spacial score (nSPS) is 15.5. The zero-order chi connectivity index (χ0) is 19.4. The summed E-state index contributed by atoms with van der Waals surface area (Å²) in [6.45, 7) is 7.81. The van der Waals surface area contributed by atoms with Gasteiger partial charge >= 0.3 is 0 Å². The van der Waals surface area contributed by atoms with Gasteiger partial charge in [-0.2, -0.15) is 4.31 Å². The van der Waals surface area contributed by atoms with E-state index in [2.05, 4.69) is 30.9 Å². The van der Waals surface area contributed by atoms with Gasteiger partial charge in [-0.1, -0.05) is 38.1 Å². The van der Waals surface area contributed by atoms with Crippen molar-refractivity contribution in [3.63, 3.8) is 0 Å². The Balaban J connectivity index is 1.69. The average Bonchev–Trinajstić information content (AvgIpc) is 2.69. The van der Waals surface area contributed by atoms with Crippen molar-refractivity contribution in [3.8, 4) is 0 Å². The van der Waals surface area contributed by atoms with E-state index in [-0.39, 0.29) is 0 Å². The number of hydrogen-bond acceptors (Lipinski definition) is 4. The van der Waals surface area contributed by atoms with Crippen LogP contribution >= 0.6 is 0 Å². The maximum absolute atomic E-state index is 12.8. The smallest absolute Gasteiger partial charge is 0.243 e. The second kappa shape index (κ2) is 8.42. The largest absolute Gasteiger partial charge is 0.378 e. The summed E-state index contributed by atoms with van der Waals surface area (Å²) in [7, 11) is -1.88. The molecular formula is C21H28N2O3S. The van der Waals surface area contributed by atoms with Gasteiger partial charge in [-0.3, -0.25) is 0 Å². The Morgan fingerprint density at radius 3 is 2.15 bits per heavy atom. The first-order valence-electron chi connectivity index (χ1n) is 9.36. The van der Waals surface area contributed by atoms with E-state index in [1.165, 1.54) is 4.31 Å². The third-order valence-corrected chi connectivity index (χ3v) is 6.79. The third kappa shape index (κ3) is 4.69. The molecule has 0 bridgehead atoms. The fourth-order valence-electron chi connectivity index (χ4n) is 3.18. The monoisotopic (exact) mass is 388 g/mol. The molecule has 1 saturated heterocycles. The van der Waals surface area contributed by atoms with Crippen LogP contribution in [0, 0.1) is 0 Å². The molecule has 1 fully saturated rings. The van der Waals surface area contributed by atoms with Crippen LogP contribution in [0.2, 0.25) is 0 Å². The Bertz CT molecular complexity index is 840. The summed E-state index contributed by atoms with van der Waals surface area (Å²) in [5.74, 6) is 0.379. The molecule has 0 atom stereocenters. The molecule has 27 heavy (non-hydrogen) atoms. The topological polar surface area (TPSA) is 49.9 Å². The van der Waals surface area contributed by atoms with Crippen LogP contribution in [0.5, 0.6) is 0 Å². The maximum Gasteiger partial charge on any atom is 0.243 e. The first-order valence-corrected chi connectivity index (χ1v) is 10.8. The van der Waals surface area contributed by atoms with Crippen LogP contribution in [0.3, 0.4) is 0 Å². The molecule has 2 aromatic rings. The SMILES string of the molecule is CC(C)c1ccc(S(=O)(=O)N(C)Cc2ccc(N3CCOCC3)cc2)cc1. The van der Waals surface area contributed by atoms with Gasteiger partial charge in [-0.05, 0) is 41.3 Å². The molecule has 3 rings (SSSR count). The zero-order valence-electron chi connectivity index (χ0n) is 16.3. The molecule has 5 nitrogen and oxygen atoms in total. The van der Waals surface area contributed by atoms with Crippen molar-refractivity contribution in [1.82, 2.24) is 4.31 Å². The standard InChI is InChI=1S/C21H28N2O3S/c1-17(2)19-6-10-21(11-7-19)27(24,25)22(3)16-18-4-8-20(9-5-18)23-12-14-26-15-13-23/h4-11,17H,12-16H2,1-3H3. The number of rotatable bonds is 6. The minimum atomic E-state index is -3.50. The van der Waals surface area contributed by atoms with Gasteiger partial charge in [0, 0.05) is 32.4 Å². The Labute approximate surface area is 162 Å². The second-order valence-corrected chi connectivity index (χ2v) is 9.30. The van der Waals surface area contributed by atoms with Gasteiger partial charge in [0.25, 0.3) is 0 Å². The Morgan fingerprint density at radius 2 is 1.59 bits per heavy atom. The van der Waals surface area contributed by atoms with Crippen molar-refractivity contribution in [2.45, 2.75) is 31.2 Å². The van der Waals surface area contributed by atoms with E-state index in [0.29, 0.717) is 17.4 Å². The molecule has 0 N–H and O–H groups in total. The Kier molecular flexibility index (Phi) is 6.19. The van der Waals surface area contributed by atoms with Crippen molar-refractivity contribution in [2.75, 3.05) is 38.3 Å². The first kappa shape index (κ1) is 19.9. The van der Waals surface area contributed by atoms with Gasteiger partial charge in [0.2, 0.25) is 10.0 Å². The molecule has 0 amide bonds. The fourth-order valence-corrected chi connectivity index (χ4v) is 4.34. The highest BCUT2D eigenvalue weighted by Crippen LogP contribution is 2.22. The lowest BCUT2D eigenvalue weighted by molar-refractivity contribution is 0.122. The molecule has 1 heterocycles. The van der Waals surface area contributed by atoms with E-state index in [1.807, 2.05) is 24.3 Å². The predicted molar refractivity (Wildman–Crippen MR) is 109 cm³/mol. The van der Waals surface area contributed by atoms with E-state index in [4.69, 9.17) is 4.74 Å². The lowest BCUT2D eigenvalue weighted by Crippen LogP contribution is -2.36. The molecular weight excluding hydrogens is 360 g/mol. The lowest BCUT2D eigenvalue weighted by atomic mass is 10.0. The molecule has 1 aliphatic rings. The number of nitrogens with zero attached hydrogens (tertiary/aromatic N) is 2. The van der Waals surface area contributed by atoms with Gasteiger partial charge in [-0.25, -0.2) is 8.42 Å². The van der Waals surface area contributed by atoms with E-state index in [0.717, 1.165) is 43.1 Å². The molecule has 1 aliphatic heterocycles. The average molecular weight is 389 g/mol. The van der Waals surface area contributed by atoms with E-state index in [9.17, 15) is 8.42 Å². The van der Waals surface area contributed by atoms with Crippen LogP contribution in [0.1, 0.15) is 30.9 Å². The molecule has 0 radical (unpaired) electrons. The first-order chi connectivity index (χ1) is 12.9. The van der Waals surface area contributed by atoms with E-state index < -0.39 is 10.0 Å². The highest BCUT2D eigenvalue weighted by atomic mass is 32.2. The minimum Gasteiger partial charge on any atom is -0.378 e. The van der Waals surface area contributed by atoms with E-state index >= 15 is 0 Å². The minimum absolute atomic E-state index is 0.333. The van der Waals surface area contributed by atoms with Gasteiger partial charge in [-0.15, -0.1) is 0 Å². The molecule has 146 valence electrons. The number of hydrogen-bond donors (Lipinski definition) is 0. The van der Waals surface area contributed by atoms with Crippen LogP contribution in [0.25, 0.3) is 0 Å². The van der Waals surface area contributed by atoms with Gasteiger partial charge in [0.15, 0.2) is 0 Å². The summed E-state index contributed by atoms with van der Waals surface area (Å²) in [6, 6.07) is 15.3. The fraction of sp³-hybridized carbons (Fsp3) is 0.429. The lowest BCUT2D eigenvalue weighted by Gasteiger charge is -2.29. The molecule has 0 unspecified atom stereocenters. The molecule has 0 aromatic heterocycles. The number of morpholine rings is 1. The van der Waals surface area contributed by atoms with Gasteiger partial charge in [0.05, 0.1) is 18.1 Å². The summed E-state index contributed by atoms with van der Waals surface area (Å²) in [5.41, 5.74) is 3.25. The van der Waals surface area contributed by atoms with Gasteiger partial charge < -0.3 is 9.64 Å². The van der Waals surface area contributed by atoms with Crippen molar-refractivity contribution in [2.24, 2.45) is 0 Å². The summed E-state index contributed by atoms with van der Waals surface area (Å²) in [6.07, 6.45) is 0. The number of benzene rings is 2. The van der Waals surface area contributed by atoms with Crippen molar-refractivity contribution < 1.29 is 13.2 Å². The molecule has 0 aliphatic carbocycles. The van der Waals surface area contributed by atoms with Crippen LogP contribution < -0.4 is 4.90 Å². The summed E-state index contributed by atoms with van der Waals surface area (Å²) < 4.78 is 32.5. The second-order valence-electron chi connectivity index (χ2n) is 7.25. The van der Waals surface area contributed by atoms with Crippen molar-refractivity contribution in [3.05, 3.63) is 59.7 Å². The van der Waals surface area contributed by atoms with Crippen LogP contribution in [-0.2, 0) is 21.3 Å². The molecule has 0 spiro atoms. The van der Waals surface area contributed by atoms with Crippen molar-refractivity contribution in [1.29, 1.82) is 0 Å².